The van der Waals surface area contributed by atoms with Crippen molar-refractivity contribution < 1.29 is 33.4 Å². The molecule has 0 atom stereocenters. The highest BCUT2D eigenvalue weighted by atomic mass is 16.5. The molecule has 232 valence electrons. The third-order valence-corrected chi connectivity index (χ3v) is 8.55. The summed E-state index contributed by atoms with van der Waals surface area (Å²) >= 11 is 0. The van der Waals surface area contributed by atoms with Crippen LogP contribution in [0.5, 0.6) is 5.75 Å². The van der Waals surface area contributed by atoms with E-state index >= 15 is 0 Å². The minimum absolute atomic E-state index is 0.0411. The highest BCUT2D eigenvalue weighted by Crippen LogP contribution is 2.37. The predicted molar refractivity (Wildman–Crippen MR) is 163 cm³/mol. The summed E-state index contributed by atoms with van der Waals surface area (Å²) in [5, 5.41) is 5.70. The van der Waals surface area contributed by atoms with Gasteiger partial charge in [0, 0.05) is 30.6 Å². The van der Waals surface area contributed by atoms with Gasteiger partial charge in [-0.3, -0.25) is 19.2 Å². The topological polar surface area (TPSA) is 120 Å². The van der Waals surface area contributed by atoms with Crippen molar-refractivity contribution in [3.8, 4) is 5.75 Å². The molecule has 0 heterocycles. The van der Waals surface area contributed by atoms with Crippen LogP contribution in [0.15, 0.2) is 48.5 Å². The number of esters is 2. The first-order valence-electron chi connectivity index (χ1n) is 15.5. The van der Waals surface area contributed by atoms with E-state index in [-0.39, 0.29) is 48.7 Å². The summed E-state index contributed by atoms with van der Waals surface area (Å²) in [5.41, 5.74) is 2.47. The molecule has 0 spiro atoms. The van der Waals surface area contributed by atoms with Crippen molar-refractivity contribution in [1.29, 1.82) is 0 Å². The second-order valence-electron chi connectivity index (χ2n) is 11.5. The lowest BCUT2D eigenvalue weighted by Crippen LogP contribution is -2.29. The minimum Gasteiger partial charge on any atom is -0.490 e. The van der Waals surface area contributed by atoms with Gasteiger partial charge in [-0.15, -0.1) is 0 Å². The van der Waals surface area contributed by atoms with Crippen molar-refractivity contribution in [2.75, 3.05) is 25.6 Å². The van der Waals surface area contributed by atoms with E-state index in [1.807, 2.05) is 19.1 Å². The van der Waals surface area contributed by atoms with Gasteiger partial charge in [-0.25, -0.2) is 0 Å². The quantitative estimate of drug-likeness (QED) is 0.300. The lowest BCUT2D eigenvalue weighted by molar-refractivity contribution is -0.149. The largest absolute Gasteiger partial charge is 0.490 e. The van der Waals surface area contributed by atoms with Gasteiger partial charge in [0.15, 0.2) is 0 Å². The Morgan fingerprint density at radius 1 is 0.837 bits per heavy atom. The number of hydrogen-bond donors (Lipinski definition) is 2. The summed E-state index contributed by atoms with van der Waals surface area (Å²) in [6.45, 7) is 2.44. The zero-order chi connectivity index (χ0) is 30.6. The fourth-order valence-corrected chi connectivity index (χ4v) is 6.03. The van der Waals surface area contributed by atoms with Crippen molar-refractivity contribution >= 4 is 29.4 Å². The zero-order valence-corrected chi connectivity index (χ0v) is 25.3. The number of rotatable bonds is 12. The van der Waals surface area contributed by atoms with E-state index in [0.717, 1.165) is 57.1 Å². The van der Waals surface area contributed by atoms with Crippen LogP contribution in [-0.2, 0) is 23.9 Å². The van der Waals surface area contributed by atoms with Gasteiger partial charge in [-0.1, -0.05) is 12.1 Å². The van der Waals surface area contributed by atoms with E-state index in [4.69, 9.17) is 14.2 Å². The van der Waals surface area contributed by atoms with Gasteiger partial charge in [0.25, 0.3) is 5.91 Å². The standard InChI is InChI=1S/C34H44N2O7/c1-3-42-34(40)27-12-18-30(19-13-27)43-29-16-10-26(11-17-29)33(39)35-21-20-31(37)36-28-14-8-25(9-15-28)24-6-4-23(5-7-24)22-32(38)41-2/h8-11,14-17,23-24,27,30H,3-7,12-13,18-22H2,1-2H3,(H,35,39)(H,36,37). The third-order valence-electron chi connectivity index (χ3n) is 8.55. The van der Waals surface area contributed by atoms with Gasteiger partial charge in [0.2, 0.25) is 5.91 Å². The van der Waals surface area contributed by atoms with Crippen LogP contribution in [0.2, 0.25) is 0 Å². The highest BCUT2D eigenvalue weighted by molar-refractivity contribution is 5.95. The Hall–Kier alpha value is -3.88. The van der Waals surface area contributed by atoms with Gasteiger partial charge in [-0.05, 0) is 112 Å². The minimum atomic E-state index is -0.250. The number of methoxy groups -OCH3 is 1. The molecule has 2 aromatic rings. The molecule has 2 saturated carbocycles. The number of hydrogen-bond acceptors (Lipinski definition) is 7. The fraction of sp³-hybridized carbons (Fsp3) is 0.529. The molecule has 2 aliphatic rings. The van der Waals surface area contributed by atoms with Crippen LogP contribution >= 0.6 is 0 Å². The van der Waals surface area contributed by atoms with Crippen LogP contribution in [0, 0.1) is 11.8 Å². The first-order chi connectivity index (χ1) is 20.8. The first-order valence-corrected chi connectivity index (χ1v) is 15.5. The SMILES string of the molecule is CCOC(=O)C1CCC(Oc2ccc(C(=O)NCCC(=O)Nc3ccc(C4CCC(CC(=O)OC)CC4)cc3)cc2)CC1. The third kappa shape index (κ3) is 9.83. The van der Waals surface area contributed by atoms with Crippen molar-refractivity contribution in [2.24, 2.45) is 11.8 Å². The van der Waals surface area contributed by atoms with Crippen LogP contribution in [0.3, 0.4) is 0 Å². The molecule has 0 aliphatic heterocycles. The van der Waals surface area contributed by atoms with E-state index in [1.165, 1.54) is 12.7 Å². The van der Waals surface area contributed by atoms with Gasteiger partial charge in [0.1, 0.15) is 5.75 Å². The van der Waals surface area contributed by atoms with E-state index in [9.17, 15) is 19.2 Å². The molecule has 2 aromatic carbocycles. The monoisotopic (exact) mass is 592 g/mol. The number of amides is 2. The van der Waals surface area contributed by atoms with Crippen molar-refractivity contribution in [3.63, 3.8) is 0 Å². The predicted octanol–water partition coefficient (Wildman–Crippen LogP) is 5.78. The van der Waals surface area contributed by atoms with Crippen LogP contribution in [-0.4, -0.2) is 50.1 Å². The lowest BCUT2D eigenvalue weighted by Gasteiger charge is -2.28. The second kappa shape index (κ2) is 16.1. The molecule has 0 aromatic heterocycles. The molecule has 2 N–H and O–H groups in total. The Labute approximate surface area is 254 Å². The molecule has 0 saturated heterocycles. The summed E-state index contributed by atoms with van der Waals surface area (Å²) in [7, 11) is 1.44. The molecule has 9 heteroatoms. The summed E-state index contributed by atoms with van der Waals surface area (Å²) in [6, 6.07) is 14.9. The van der Waals surface area contributed by atoms with E-state index in [2.05, 4.69) is 22.8 Å². The van der Waals surface area contributed by atoms with Crippen molar-refractivity contribution in [3.05, 3.63) is 59.7 Å². The molecule has 9 nitrogen and oxygen atoms in total. The Morgan fingerprint density at radius 3 is 2.14 bits per heavy atom. The summed E-state index contributed by atoms with van der Waals surface area (Å²) < 4.78 is 16.0. The number of nitrogens with one attached hydrogen (secondary N) is 2. The zero-order valence-electron chi connectivity index (χ0n) is 25.3. The molecule has 2 fully saturated rings. The number of carbonyl (C=O) groups is 4. The molecule has 0 bridgehead atoms. The van der Waals surface area contributed by atoms with Gasteiger partial charge in [-0.2, -0.15) is 0 Å². The second-order valence-corrected chi connectivity index (χ2v) is 11.5. The average Bonchev–Trinajstić information content (AvgIpc) is 3.02. The Balaban J connectivity index is 1.13. The Kier molecular flexibility index (Phi) is 12.0. The molecule has 2 amide bonds. The van der Waals surface area contributed by atoms with Crippen LogP contribution in [0.25, 0.3) is 0 Å². The van der Waals surface area contributed by atoms with Crippen LogP contribution in [0.4, 0.5) is 5.69 Å². The maximum absolute atomic E-state index is 12.6. The van der Waals surface area contributed by atoms with Crippen LogP contribution < -0.4 is 15.4 Å². The lowest BCUT2D eigenvalue weighted by atomic mass is 9.77. The number of carbonyl (C=O) groups excluding carboxylic acids is 4. The number of ether oxygens (including phenoxy) is 3. The van der Waals surface area contributed by atoms with Gasteiger partial charge < -0.3 is 24.8 Å². The van der Waals surface area contributed by atoms with Crippen LogP contribution in [0.1, 0.15) is 93.0 Å². The Bertz CT molecular complexity index is 1210. The molecule has 2 aliphatic carbocycles. The summed E-state index contributed by atoms with van der Waals surface area (Å²) in [5.74, 6) is 0.837. The molecular formula is C34H44N2O7. The van der Waals surface area contributed by atoms with Crippen molar-refractivity contribution in [2.45, 2.75) is 83.2 Å². The molecule has 0 unspecified atom stereocenters. The number of anilines is 1. The van der Waals surface area contributed by atoms with E-state index in [1.54, 1.807) is 24.3 Å². The fourth-order valence-electron chi connectivity index (χ4n) is 6.03. The maximum Gasteiger partial charge on any atom is 0.308 e. The summed E-state index contributed by atoms with van der Waals surface area (Å²) in [4.78, 5) is 48.5. The summed E-state index contributed by atoms with van der Waals surface area (Å²) in [6.07, 6.45) is 7.91. The molecule has 0 radical (unpaired) electrons. The van der Waals surface area contributed by atoms with Crippen molar-refractivity contribution in [1.82, 2.24) is 5.32 Å². The van der Waals surface area contributed by atoms with Gasteiger partial charge in [0.05, 0.1) is 25.7 Å². The first kappa shape index (κ1) is 32.0. The van der Waals surface area contributed by atoms with Gasteiger partial charge >= 0.3 is 11.9 Å². The normalized spacial score (nSPS) is 21.7. The molecule has 4 rings (SSSR count). The molecule has 43 heavy (non-hydrogen) atoms. The highest BCUT2D eigenvalue weighted by Gasteiger charge is 2.28. The number of benzene rings is 2. The Morgan fingerprint density at radius 2 is 1.51 bits per heavy atom. The maximum atomic E-state index is 12.6. The van der Waals surface area contributed by atoms with E-state index in [0.29, 0.717) is 36.2 Å². The molecular weight excluding hydrogens is 548 g/mol. The smallest absolute Gasteiger partial charge is 0.308 e. The average molecular weight is 593 g/mol. The van der Waals surface area contributed by atoms with E-state index < -0.39 is 0 Å².